The number of nitrogens with one attached hydrogen (secondary N) is 1. The minimum Gasteiger partial charge on any atom is -0.371 e. The van der Waals surface area contributed by atoms with Crippen LogP contribution in [-0.4, -0.2) is 45.3 Å². The normalized spacial score (nSPS) is 21.7. The van der Waals surface area contributed by atoms with Gasteiger partial charge in [-0.3, -0.25) is 4.79 Å². The summed E-state index contributed by atoms with van der Waals surface area (Å²) in [6.45, 7) is 8.08. The molecule has 3 aromatic rings. The Balaban J connectivity index is 1.49. The van der Waals surface area contributed by atoms with Crippen LogP contribution in [0, 0.1) is 17.3 Å². The molecule has 5 rings (SSSR count). The molecule has 0 amide bonds. The summed E-state index contributed by atoms with van der Waals surface area (Å²) in [5, 5.41) is 0. The van der Waals surface area contributed by atoms with Crippen LogP contribution in [-0.2, 0) is 0 Å². The van der Waals surface area contributed by atoms with Gasteiger partial charge in [-0.25, -0.2) is 9.97 Å². The lowest BCUT2D eigenvalue weighted by Gasteiger charge is -2.20. The van der Waals surface area contributed by atoms with Gasteiger partial charge in [-0.15, -0.1) is 0 Å². The van der Waals surface area contributed by atoms with E-state index in [1.54, 1.807) is 12.4 Å². The first-order valence-electron chi connectivity index (χ1n) is 10.2. The molecule has 1 N–H and O–H groups in total. The molecule has 0 spiro atoms. The second-order valence-electron chi connectivity index (χ2n) is 9.25. The molecule has 150 valence electrons. The highest BCUT2D eigenvalue weighted by atomic mass is 32.2. The summed E-state index contributed by atoms with van der Waals surface area (Å²) in [5.41, 5.74) is 4.56. The van der Waals surface area contributed by atoms with Gasteiger partial charge in [0.2, 0.25) is 0 Å². The summed E-state index contributed by atoms with van der Waals surface area (Å²) in [7, 11) is 0. The first kappa shape index (κ1) is 18.7. The smallest absolute Gasteiger partial charge is 0.171 e. The molecule has 5 nitrogen and oxygen atoms in total. The van der Waals surface area contributed by atoms with Gasteiger partial charge in [0.1, 0.15) is 5.52 Å². The molecule has 2 aliphatic rings. The first-order valence-corrected chi connectivity index (χ1v) is 11.4. The fraction of sp³-hybridized carbons (Fsp3) is 0.435. The highest BCUT2D eigenvalue weighted by molar-refractivity contribution is 7.99. The quantitative estimate of drug-likeness (QED) is 0.642. The van der Waals surface area contributed by atoms with Crippen molar-refractivity contribution in [1.82, 2.24) is 15.0 Å². The Morgan fingerprint density at radius 2 is 1.97 bits per heavy atom. The van der Waals surface area contributed by atoms with Crippen LogP contribution in [0.3, 0.4) is 0 Å². The maximum atomic E-state index is 12.8. The zero-order chi connectivity index (χ0) is 20.2. The minimum absolute atomic E-state index is 0.0745. The van der Waals surface area contributed by atoms with E-state index >= 15 is 0 Å². The molecule has 2 aliphatic heterocycles. The lowest BCUT2D eigenvalue weighted by Crippen LogP contribution is -2.21. The molecule has 2 fully saturated rings. The summed E-state index contributed by atoms with van der Waals surface area (Å²) in [5.74, 6) is 4.31. The second kappa shape index (κ2) is 6.87. The Morgan fingerprint density at radius 1 is 1.21 bits per heavy atom. The number of aromatic nitrogens is 3. The van der Waals surface area contributed by atoms with Crippen LogP contribution >= 0.6 is 11.8 Å². The molecule has 4 heterocycles. The van der Waals surface area contributed by atoms with Gasteiger partial charge in [0.05, 0.1) is 17.5 Å². The number of ketones is 1. The van der Waals surface area contributed by atoms with Crippen LogP contribution in [0.4, 0.5) is 5.69 Å². The number of nitrogens with zero attached hydrogens (tertiary/aromatic N) is 3. The fourth-order valence-corrected chi connectivity index (χ4v) is 5.86. The topological polar surface area (TPSA) is 61.9 Å². The minimum atomic E-state index is -0.459. The van der Waals surface area contributed by atoms with Gasteiger partial charge in [-0.1, -0.05) is 32.9 Å². The molecule has 2 saturated heterocycles. The highest BCUT2D eigenvalue weighted by Crippen LogP contribution is 2.38. The Morgan fingerprint density at radius 3 is 2.69 bits per heavy atom. The van der Waals surface area contributed by atoms with Crippen LogP contribution in [0.15, 0.2) is 36.7 Å². The molecule has 0 unspecified atom stereocenters. The van der Waals surface area contributed by atoms with Crippen LogP contribution in [0.5, 0.6) is 0 Å². The maximum Gasteiger partial charge on any atom is 0.171 e. The zero-order valence-corrected chi connectivity index (χ0v) is 17.9. The summed E-state index contributed by atoms with van der Waals surface area (Å²) < 4.78 is 0. The van der Waals surface area contributed by atoms with Crippen LogP contribution in [0.1, 0.15) is 31.1 Å². The van der Waals surface area contributed by atoms with E-state index in [1.807, 2.05) is 20.8 Å². The number of rotatable bonds is 3. The van der Waals surface area contributed by atoms with Gasteiger partial charge in [0, 0.05) is 36.0 Å². The van der Waals surface area contributed by atoms with Crippen LogP contribution < -0.4 is 4.90 Å². The van der Waals surface area contributed by atoms with Crippen LogP contribution in [0.25, 0.3) is 22.4 Å². The van der Waals surface area contributed by atoms with E-state index in [1.165, 1.54) is 17.2 Å². The molecular weight excluding hydrogens is 380 g/mol. The third-order valence-electron chi connectivity index (χ3n) is 6.05. The lowest BCUT2D eigenvalue weighted by atomic mass is 9.87. The van der Waals surface area contributed by atoms with Gasteiger partial charge in [0.25, 0.3) is 0 Å². The van der Waals surface area contributed by atoms with Crippen molar-refractivity contribution in [2.45, 2.75) is 20.8 Å². The molecule has 2 atom stereocenters. The van der Waals surface area contributed by atoms with Gasteiger partial charge >= 0.3 is 0 Å². The van der Waals surface area contributed by atoms with Crippen molar-refractivity contribution in [3.63, 3.8) is 0 Å². The number of aromatic amines is 1. The van der Waals surface area contributed by atoms with E-state index < -0.39 is 5.41 Å². The molecule has 1 aromatic carbocycles. The number of benzene rings is 1. The van der Waals surface area contributed by atoms with Gasteiger partial charge in [0.15, 0.2) is 11.4 Å². The van der Waals surface area contributed by atoms with E-state index in [0.717, 1.165) is 36.2 Å². The molecule has 2 aromatic heterocycles. The molecule has 6 heteroatoms. The predicted molar refractivity (Wildman–Crippen MR) is 120 cm³/mol. The third-order valence-corrected chi connectivity index (χ3v) is 7.38. The van der Waals surface area contributed by atoms with Gasteiger partial charge in [-0.05, 0) is 35.5 Å². The van der Waals surface area contributed by atoms with Gasteiger partial charge < -0.3 is 9.88 Å². The van der Waals surface area contributed by atoms with Crippen molar-refractivity contribution in [1.29, 1.82) is 0 Å². The molecular formula is C23H26N4OS. The van der Waals surface area contributed by atoms with Crippen LogP contribution in [0.2, 0.25) is 0 Å². The standard InChI is InChI=1S/C23H26N4OS/c1-23(2,3)21(28)18-8-24-22-20(18)26-19(9-25-22)14-5-4-6-17(7-14)27-10-15-12-29-13-16(15)11-27/h4-9,15-16H,10-13H2,1-3H3,(H,24,25)/t15-,16+. The third kappa shape index (κ3) is 3.33. The fourth-order valence-electron chi connectivity index (χ4n) is 4.37. The Hall–Kier alpha value is -2.34. The number of carbonyl (C=O) groups excluding carboxylic acids is 1. The van der Waals surface area contributed by atoms with Crippen molar-refractivity contribution >= 4 is 34.4 Å². The van der Waals surface area contributed by atoms with E-state index in [0.29, 0.717) is 16.7 Å². The monoisotopic (exact) mass is 406 g/mol. The maximum absolute atomic E-state index is 12.8. The van der Waals surface area contributed by atoms with Crippen molar-refractivity contribution in [2.75, 3.05) is 29.5 Å². The number of H-pyrrole nitrogens is 1. The Bertz CT molecular complexity index is 1070. The van der Waals surface area contributed by atoms with E-state index in [4.69, 9.17) is 4.98 Å². The summed E-state index contributed by atoms with van der Waals surface area (Å²) in [4.78, 5) is 27.8. The lowest BCUT2D eigenvalue weighted by molar-refractivity contribution is 0.0860. The van der Waals surface area contributed by atoms with E-state index in [2.05, 4.69) is 50.9 Å². The van der Waals surface area contributed by atoms with Gasteiger partial charge in [-0.2, -0.15) is 11.8 Å². The number of Topliss-reactive ketones (excluding diaryl/α,β-unsaturated/α-hetero) is 1. The van der Waals surface area contributed by atoms with Crippen molar-refractivity contribution in [3.8, 4) is 11.3 Å². The van der Waals surface area contributed by atoms with E-state index in [9.17, 15) is 4.79 Å². The Kier molecular flexibility index (Phi) is 4.42. The van der Waals surface area contributed by atoms with Crippen molar-refractivity contribution in [2.24, 2.45) is 17.3 Å². The predicted octanol–water partition coefficient (Wildman–Crippen LogP) is 4.65. The first-order chi connectivity index (χ1) is 13.9. The van der Waals surface area contributed by atoms with E-state index in [-0.39, 0.29) is 5.78 Å². The molecule has 0 saturated carbocycles. The van der Waals surface area contributed by atoms with Crippen molar-refractivity contribution < 1.29 is 4.79 Å². The summed E-state index contributed by atoms with van der Waals surface area (Å²) in [6, 6.07) is 8.57. The molecule has 0 bridgehead atoms. The number of hydrogen-bond acceptors (Lipinski definition) is 5. The summed E-state index contributed by atoms with van der Waals surface area (Å²) in [6.07, 6.45) is 3.53. The number of hydrogen-bond donors (Lipinski definition) is 1. The average Bonchev–Trinajstić information content (AvgIpc) is 3.40. The number of anilines is 1. The largest absolute Gasteiger partial charge is 0.371 e. The summed E-state index contributed by atoms with van der Waals surface area (Å²) >= 11 is 2.10. The highest BCUT2D eigenvalue weighted by Gasteiger charge is 2.36. The van der Waals surface area contributed by atoms with Crippen molar-refractivity contribution in [3.05, 3.63) is 42.2 Å². The molecule has 0 aliphatic carbocycles. The number of fused-ring (bicyclic) bond motifs is 2. The second-order valence-corrected chi connectivity index (χ2v) is 10.3. The number of thioether (sulfide) groups is 1. The molecule has 0 radical (unpaired) electrons. The number of carbonyl (C=O) groups is 1. The Labute approximate surface area is 175 Å². The molecule has 29 heavy (non-hydrogen) atoms. The average molecular weight is 407 g/mol. The zero-order valence-electron chi connectivity index (χ0n) is 17.1. The SMILES string of the molecule is CC(C)(C)C(=O)c1c[nH]c2ncc(-c3cccc(N4C[C@H]5CSC[C@H]5C4)c3)nc12.